The summed E-state index contributed by atoms with van der Waals surface area (Å²) in [5, 5.41) is 22.6. The second kappa shape index (κ2) is 8.39. The van der Waals surface area contributed by atoms with E-state index in [0.29, 0.717) is 12.0 Å². The number of nitrogens with one attached hydrogen (secondary N) is 1. The lowest BCUT2D eigenvalue weighted by Crippen LogP contribution is -2.34. The number of rotatable bonds is 7. The number of methoxy groups -OCH3 is 1. The maximum atomic E-state index is 11.2. The van der Waals surface area contributed by atoms with Gasteiger partial charge in [0.05, 0.1) is 7.11 Å². The first kappa shape index (κ1) is 17.1. The van der Waals surface area contributed by atoms with E-state index in [1.54, 1.807) is 24.3 Å². The van der Waals surface area contributed by atoms with Crippen molar-refractivity contribution in [1.29, 1.82) is 0 Å². The fraction of sp³-hybridized carbons (Fsp3) is 0.467. The molecule has 0 heterocycles. The van der Waals surface area contributed by atoms with Crippen LogP contribution in [0.1, 0.15) is 30.6 Å². The van der Waals surface area contributed by atoms with Gasteiger partial charge in [-0.1, -0.05) is 24.3 Å². The summed E-state index contributed by atoms with van der Waals surface area (Å²) < 4.78 is 4.59. The highest BCUT2D eigenvalue weighted by atomic mass is 16.5. The fourth-order valence-corrected chi connectivity index (χ4v) is 1.96. The highest BCUT2D eigenvalue weighted by Gasteiger charge is 2.21. The van der Waals surface area contributed by atoms with Gasteiger partial charge in [-0.3, -0.25) is 9.59 Å². The fourth-order valence-electron chi connectivity index (χ4n) is 1.96. The van der Waals surface area contributed by atoms with Gasteiger partial charge in [0.25, 0.3) is 0 Å². The summed E-state index contributed by atoms with van der Waals surface area (Å²) in [5.74, 6) is -0.613. The minimum Gasteiger partial charge on any atom is -0.469 e. The van der Waals surface area contributed by atoms with E-state index >= 15 is 0 Å². The predicted molar refractivity (Wildman–Crippen MR) is 76.4 cm³/mol. The molecule has 3 N–H and O–H groups in total. The van der Waals surface area contributed by atoms with Crippen LogP contribution in [0, 0.1) is 0 Å². The third kappa shape index (κ3) is 5.53. The molecule has 0 spiro atoms. The average molecular weight is 295 g/mol. The molecule has 6 heteroatoms. The Labute approximate surface area is 123 Å². The normalized spacial score (nSPS) is 13.3. The van der Waals surface area contributed by atoms with Crippen LogP contribution in [0.15, 0.2) is 24.3 Å². The smallest absolute Gasteiger partial charge is 0.305 e. The van der Waals surface area contributed by atoms with Crippen molar-refractivity contribution in [2.45, 2.75) is 32.0 Å². The van der Waals surface area contributed by atoms with Crippen LogP contribution in [0.2, 0.25) is 0 Å². The molecule has 0 aliphatic carbocycles. The molecule has 0 aliphatic heterocycles. The van der Waals surface area contributed by atoms with Crippen molar-refractivity contribution in [1.82, 2.24) is 5.32 Å². The lowest BCUT2D eigenvalue weighted by Gasteiger charge is -2.21. The summed E-state index contributed by atoms with van der Waals surface area (Å²) in [4.78, 5) is 22.0. The van der Waals surface area contributed by atoms with Crippen LogP contribution in [0.4, 0.5) is 0 Å². The summed E-state index contributed by atoms with van der Waals surface area (Å²) in [5.41, 5.74) is 1.30. The molecule has 1 aromatic rings. The number of esters is 1. The maximum Gasteiger partial charge on any atom is 0.305 e. The number of hydrogen-bond donors (Lipinski definition) is 3. The summed E-state index contributed by atoms with van der Waals surface area (Å²) in [7, 11) is 1.32. The molecule has 0 radical (unpaired) electrons. The number of carbonyl (C=O) groups is 2. The molecule has 21 heavy (non-hydrogen) atoms. The van der Waals surface area contributed by atoms with E-state index in [1.165, 1.54) is 14.0 Å². The SMILES string of the molecule is COC(=O)CCc1ccccc1C(O)C(O)CNC(C)=O. The molecule has 0 fully saturated rings. The van der Waals surface area contributed by atoms with E-state index in [4.69, 9.17) is 0 Å². The Kier molecular flexibility index (Phi) is 6.84. The predicted octanol–water partition coefficient (Wildman–Crippen LogP) is 0.323. The molecule has 0 aliphatic rings. The quantitative estimate of drug-likeness (QED) is 0.630. The van der Waals surface area contributed by atoms with Crippen LogP contribution >= 0.6 is 0 Å². The Balaban J connectivity index is 2.76. The van der Waals surface area contributed by atoms with E-state index in [-0.39, 0.29) is 24.8 Å². The van der Waals surface area contributed by atoms with Crippen LogP contribution in [0.3, 0.4) is 0 Å². The summed E-state index contributed by atoms with van der Waals surface area (Å²) >= 11 is 0. The summed E-state index contributed by atoms with van der Waals surface area (Å²) in [6.45, 7) is 1.30. The number of aryl methyl sites for hydroxylation is 1. The van der Waals surface area contributed by atoms with Gasteiger partial charge in [-0.15, -0.1) is 0 Å². The second-order valence-electron chi connectivity index (χ2n) is 4.72. The van der Waals surface area contributed by atoms with Gasteiger partial charge in [0.1, 0.15) is 12.2 Å². The minimum absolute atomic E-state index is 0.0398. The number of carbonyl (C=O) groups excluding carboxylic acids is 2. The van der Waals surface area contributed by atoms with Crippen molar-refractivity contribution >= 4 is 11.9 Å². The molecule has 0 bridgehead atoms. The standard InChI is InChI=1S/C15H21NO5/c1-10(17)16-9-13(18)15(20)12-6-4-3-5-11(12)7-8-14(19)21-2/h3-6,13,15,18,20H,7-9H2,1-2H3,(H,16,17). The lowest BCUT2D eigenvalue weighted by molar-refractivity contribution is -0.140. The zero-order valence-corrected chi connectivity index (χ0v) is 12.2. The van der Waals surface area contributed by atoms with Crippen molar-refractivity contribution in [3.8, 4) is 0 Å². The van der Waals surface area contributed by atoms with Gasteiger partial charge in [0.15, 0.2) is 0 Å². The summed E-state index contributed by atoms with van der Waals surface area (Å²) in [6, 6.07) is 7.01. The molecular formula is C15H21NO5. The molecular weight excluding hydrogens is 274 g/mol. The zero-order valence-electron chi connectivity index (χ0n) is 12.2. The highest BCUT2D eigenvalue weighted by molar-refractivity contribution is 5.72. The Morgan fingerprint density at radius 2 is 1.95 bits per heavy atom. The molecule has 0 saturated carbocycles. The topological polar surface area (TPSA) is 95.9 Å². The minimum atomic E-state index is -1.13. The van der Waals surface area contributed by atoms with Crippen LogP contribution in [-0.2, 0) is 20.7 Å². The monoisotopic (exact) mass is 295 g/mol. The van der Waals surface area contributed by atoms with Crippen molar-refractivity contribution < 1.29 is 24.5 Å². The second-order valence-corrected chi connectivity index (χ2v) is 4.72. The van der Waals surface area contributed by atoms with Gasteiger partial charge in [-0.25, -0.2) is 0 Å². The van der Waals surface area contributed by atoms with Crippen LogP contribution in [0.5, 0.6) is 0 Å². The molecule has 1 rings (SSSR count). The number of amides is 1. The van der Waals surface area contributed by atoms with E-state index in [0.717, 1.165) is 5.56 Å². The third-order valence-corrected chi connectivity index (χ3v) is 3.12. The van der Waals surface area contributed by atoms with Gasteiger partial charge in [-0.05, 0) is 17.5 Å². The van der Waals surface area contributed by atoms with Crippen LogP contribution in [0.25, 0.3) is 0 Å². The molecule has 6 nitrogen and oxygen atoms in total. The van der Waals surface area contributed by atoms with Crippen molar-refractivity contribution in [2.75, 3.05) is 13.7 Å². The number of ether oxygens (including phenoxy) is 1. The maximum absolute atomic E-state index is 11.2. The molecule has 2 unspecified atom stereocenters. The third-order valence-electron chi connectivity index (χ3n) is 3.12. The Morgan fingerprint density at radius 3 is 2.57 bits per heavy atom. The van der Waals surface area contributed by atoms with Gasteiger partial charge in [0.2, 0.25) is 5.91 Å². The first-order chi connectivity index (χ1) is 9.95. The van der Waals surface area contributed by atoms with Crippen molar-refractivity contribution in [3.63, 3.8) is 0 Å². The van der Waals surface area contributed by atoms with Crippen molar-refractivity contribution in [2.24, 2.45) is 0 Å². The largest absolute Gasteiger partial charge is 0.469 e. The average Bonchev–Trinajstić information content (AvgIpc) is 2.49. The van der Waals surface area contributed by atoms with E-state index in [1.807, 2.05) is 0 Å². The van der Waals surface area contributed by atoms with E-state index in [2.05, 4.69) is 10.1 Å². The first-order valence-electron chi connectivity index (χ1n) is 6.71. The Hall–Kier alpha value is -1.92. The number of aliphatic hydroxyl groups excluding tert-OH is 2. The van der Waals surface area contributed by atoms with Gasteiger partial charge in [-0.2, -0.15) is 0 Å². The molecule has 1 aromatic carbocycles. The Morgan fingerprint density at radius 1 is 1.29 bits per heavy atom. The number of benzene rings is 1. The number of aliphatic hydroxyl groups is 2. The zero-order chi connectivity index (χ0) is 15.8. The van der Waals surface area contributed by atoms with E-state index < -0.39 is 12.2 Å². The van der Waals surface area contributed by atoms with Gasteiger partial charge in [0, 0.05) is 19.9 Å². The molecule has 1 amide bonds. The van der Waals surface area contributed by atoms with Gasteiger partial charge >= 0.3 is 5.97 Å². The van der Waals surface area contributed by atoms with Crippen LogP contribution < -0.4 is 5.32 Å². The van der Waals surface area contributed by atoms with Crippen LogP contribution in [-0.4, -0.2) is 41.8 Å². The molecule has 2 atom stereocenters. The Bertz CT molecular complexity index is 489. The highest BCUT2D eigenvalue weighted by Crippen LogP contribution is 2.22. The first-order valence-corrected chi connectivity index (χ1v) is 6.71. The summed E-state index contributed by atoms with van der Waals surface area (Å²) in [6.07, 6.45) is -1.65. The number of hydrogen-bond acceptors (Lipinski definition) is 5. The lowest BCUT2D eigenvalue weighted by atomic mass is 9.95. The molecule has 0 aromatic heterocycles. The van der Waals surface area contributed by atoms with Crippen molar-refractivity contribution in [3.05, 3.63) is 35.4 Å². The molecule has 0 saturated heterocycles. The van der Waals surface area contributed by atoms with Gasteiger partial charge < -0.3 is 20.3 Å². The molecule has 116 valence electrons. The van der Waals surface area contributed by atoms with E-state index in [9.17, 15) is 19.8 Å².